The summed E-state index contributed by atoms with van der Waals surface area (Å²) in [7, 11) is 0. The zero-order valence-corrected chi connectivity index (χ0v) is 14.5. The van der Waals surface area contributed by atoms with Crippen molar-refractivity contribution in [2.45, 2.75) is 6.92 Å². The standard InChI is InChI=1S/C11H10.C9H7.Zr/c1-2-9-7-8-10-5-3-4-6-11(9)10;1-2-5-9-7-3-6-8(9)4-1;/h2-8H,1H3;1-7H;/q-2;-1;+3. The Hall–Kier alpha value is -1.59. The molecule has 1 radical (unpaired) electrons. The quantitative estimate of drug-likeness (QED) is 0.388. The van der Waals surface area contributed by atoms with E-state index < -0.39 is 0 Å². The summed E-state index contributed by atoms with van der Waals surface area (Å²) in [6.07, 6.45) is 2.14. The number of hydrogen-bond acceptors (Lipinski definition) is 0. The maximum absolute atomic E-state index is 2.16. The van der Waals surface area contributed by atoms with Gasteiger partial charge in [0.25, 0.3) is 0 Å². The van der Waals surface area contributed by atoms with E-state index in [0.29, 0.717) is 0 Å². The Morgan fingerprint density at radius 2 is 1.52 bits per heavy atom. The van der Waals surface area contributed by atoms with Gasteiger partial charge in [0.15, 0.2) is 0 Å². The van der Waals surface area contributed by atoms with Crippen LogP contribution in [0, 0.1) is 6.42 Å². The van der Waals surface area contributed by atoms with Crippen molar-refractivity contribution in [3.63, 3.8) is 0 Å². The minimum atomic E-state index is 0. The molecule has 0 spiro atoms. The van der Waals surface area contributed by atoms with E-state index in [4.69, 9.17) is 0 Å². The van der Waals surface area contributed by atoms with Crippen molar-refractivity contribution in [2.24, 2.45) is 0 Å². The first-order chi connectivity index (χ1) is 9.88. The van der Waals surface area contributed by atoms with Crippen molar-refractivity contribution >= 4 is 21.5 Å². The van der Waals surface area contributed by atoms with E-state index in [1.807, 2.05) is 0 Å². The second kappa shape index (κ2) is 7.43. The van der Waals surface area contributed by atoms with Crippen LogP contribution in [0.2, 0.25) is 0 Å². The summed E-state index contributed by atoms with van der Waals surface area (Å²) in [5, 5.41) is 5.35. The van der Waals surface area contributed by atoms with Gasteiger partial charge < -0.3 is 0 Å². The fourth-order valence-electron chi connectivity index (χ4n) is 2.50. The Balaban J connectivity index is 0.000000149. The molecule has 0 N–H and O–H groups in total. The predicted octanol–water partition coefficient (Wildman–Crippen LogP) is 5.69. The summed E-state index contributed by atoms with van der Waals surface area (Å²) in [5.74, 6) is 0. The summed E-state index contributed by atoms with van der Waals surface area (Å²) in [6, 6.07) is 27.4. The van der Waals surface area contributed by atoms with Gasteiger partial charge in [-0.1, -0.05) is 19.1 Å². The van der Waals surface area contributed by atoms with E-state index in [1.54, 1.807) is 0 Å². The normalized spacial score (nSPS) is 9.76. The average molecular weight is 349 g/mol. The maximum atomic E-state index is 2.16. The van der Waals surface area contributed by atoms with Crippen molar-refractivity contribution in [2.75, 3.05) is 0 Å². The van der Waals surface area contributed by atoms with Crippen LogP contribution in [0.4, 0.5) is 0 Å². The van der Waals surface area contributed by atoms with E-state index in [2.05, 4.69) is 92.2 Å². The zero-order valence-electron chi connectivity index (χ0n) is 12.1. The molecule has 0 aliphatic carbocycles. The third-order valence-electron chi connectivity index (χ3n) is 3.57. The molecule has 0 heterocycles. The third-order valence-corrected chi connectivity index (χ3v) is 3.57. The maximum Gasteiger partial charge on any atom is 3.00 e. The van der Waals surface area contributed by atoms with Gasteiger partial charge in [-0.3, -0.25) is 0 Å². The summed E-state index contributed by atoms with van der Waals surface area (Å²) in [6.45, 7) is 2.07. The Morgan fingerprint density at radius 3 is 2.29 bits per heavy atom. The first-order valence-corrected chi connectivity index (χ1v) is 6.93. The Kier molecular flexibility index (Phi) is 5.59. The molecule has 0 saturated carbocycles. The van der Waals surface area contributed by atoms with Crippen molar-refractivity contribution in [1.82, 2.24) is 0 Å². The number of fused-ring (bicyclic) bond motifs is 2. The van der Waals surface area contributed by atoms with Gasteiger partial charge in [0.05, 0.1) is 0 Å². The first kappa shape index (κ1) is 15.8. The Morgan fingerprint density at radius 1 is 0.810 bits per heavy atom. The SMILES string of the molecule is C[CH-]c1c[cH-]c2ccccc12.[Zr+3].c1ccc2[cH-]ccc2c1. The molecule has 0 atom stereocenters. The monoisotopic (exact) mass is 347 g/mol. The molecular weight excluding hydrogens is 331 g/mol. The van der Waals surface area contributed by atoms with Crippen LogP contribution in [0.5, 0.6) is 0 Å². The smallest absolute Gasteiger partial charge is 0.246 e. The van der Waals surface area contributed by atoms with Crippen LogP contribution in [-0.2, 0) is 26.2 Å². The van der Waals surface area contributed by atoms with Crippen LogP contribution in [0.3, 0.4) is 0 Å². The first-order valence-electron chi connectivity index (χ1n) is 6.93. The molecule has 21 heavy (non-hydrogen) atoms. The molecule has 0 fully saturated rings. The zero-order chi connectivity index (χ0) is 13.8. The molecule has 0 aromatic heterocycles. The van der Waals surface area contributed by atoms with Gasteiger partial charge in [-0.25, -0.2) is 18.1 Å². The van der Waals surface area contributed by atoms with Gasteiger partial charge in [0, 0.05) is 0 Å². The van der Waals surface area contributed by atoms with Crippen LogP contribution in [0.15, 0.2) is 78.9 Å². The second-order valence-electron chi connectivity index (χ2n) is 4.82. The predicted molar refractivity (Wildman–Crippen MR) is 88.2 cm³/mol. The molecule has 0 nitrogen and oxygen atoms in total. The van der Waals surface area contributed by atoms with Gasteiger partial charge in [0.1, 0.15) is 0 Å². The Bertz CT molecular complexity index is 774. The van der Waals surface area contributed by atoms with Gasteiger partial charge in [-0.2, -0.15) is 34.4 Å². The molecule has 4 aromatic carbocycles. The van der Waals surface area contributed by atoms with Crippen molar-refractivity contribution < 1.29 is 26.2 Å². The molecule has 0 amide bonds. The molecular formula is C20H17Zr. The van der Waals surface area contributed by atoms with Crippen molar-refractivity contribution in [1.29, 1.82) is 0 Å². The fraction of sp³-hybridized carbons (Fsp3) is 0.0500. The van der Waals surface area contributed by atoms with Crippen LogP contribution in [0.25, 0.3) is 21.5 Å². The molecule has 1 heteroatoms. The number of rotatable bonds is 1. The van der Waals surface area contributed by atoms with E-state index in [0.717, 1.165) is 0 Å². The largest absolute Gasteiger partial charge is 3.00 e. The Labute approximate surface area is 145 Å². The van der Waals surface area contributed by atoms with Crippen LogP contribution >= 0.6 is 0 Å². The third kappa shape index (κ3) is 3.54. The molecule has 0 bridgehead atoms. The average Bonchev–Trinajstić information content (AvgIpc) is 3.14. The van der Waals surface area contributed by atoms with E-state index in [9.17, 15) is 0 Å². The van der Waals surface area contributed by atoms with Gasteiger partial charge in [-0.05, 0) is 0 Å². The second-order valence-corrected chi connectivity index (χ2v) is 4.82. The molecule has 0 aliphatic heterocycles. The summed E-state index contributed by atoms with van der Waals surface area (Å²) in [4.78, 5) is 0. The number of hydrogen-bond donors (Lipinski definition) is 0. The van der Waals surface area contributed by atoms with Crippen LogP contribution < -0.4 is 0 Å². The van der Waals surface area contributed by atoms with Crippen molar-refractivity contribution in [3.05, 3.63) is 90.8 Å². The minimum Gasteiger partial charge on any atom is -0.246 e. The van der Waals surface area contributed by atoms with Crippen molar-refractivity contribution in [3.8, 4) is 0 Å². The molecule has 4 aromatic rings. The number of benzene rings is 2. The van der Waals surface area contributed by atoms with E-state index >= 15 is 0 Å². The molecule has 0 aliphatic rings. The molecule has 101 valence electrons. The summed E-state index contributed by atoms with van der Waals surface area (Å²) < 4.78 is 0. The van der Waals surface area contributed by atoms with E-state index in [-0.39, 0.29) is 26.2 Å². The van der Waals surface area contributed by atoms with Crippen LogP contribution in [-0.4, -0.2) is 0 Å². The molecule has 0 unspecified atom stereocenters. The van der Waals surface area contributed by atoms with Gasteiger partial charge in [0.2, 0.25) is 0 Å². The summed E-state index contributed by atoms with van der Waals surface area (Å²) >= 11 is 0. The van der Waals surface area contributed by atoms with Gasteiger partial charge >= 0.3 is 26.2 Å². The minimum absolute atomic E-state index is 0. The topological polar surface area (TPSA) is 0 Å². The molecule has 0 saturated heterocycles. The van der Waals surface area contributed by atoms with E-state index in [1.165, 1.54) is 27.1 Å². The summed E-state index contributed by atoms with van der Waals surface area (Å²) in [5.41, 5.74) is 1.33. The molecule has 4 rings (SSSR count). The fourth-order valence-corrected chi connectivity index (χ4v) is 2.50. The van der Waals surface area contributed by atoms with Crippen LogP contribution in [0.1, 0.15) is 12.5 Å². The van der Waals surface area contributed by atoms with Gasteiger partial charge in [-0.15, -0.1) is 47.9 Å².